The number of hydrogen-bond donors (Lipinski definition) is 0. The molecule has 2 aromatic rings. The van der Waals surface area contributed by atoms with Crippen LogP contribution in [0.1, 0.15) is 10.6 Å². The first-order valence-corrected chi connectivity index (χ1v) is 6.59. The van der Waals surface area contributed by atoms with Crippen molar-refractivity contribution in [2.45, 2.75) is 13.3 Å². The Labute approximate surface area is 108 Å². The van der Waals surface area contributed by atoms with Gasteiger partial charge in [-0.05, 0) is 12.5 Å². The lowest BCUT2D eigenvalue weighted by molar-refractivity contribution is 0.990. The number of hydrogen-bond acceptors (Lipinski definition) is 3. The number of aryl methyl sites for hydroxylation is 2. The number of aromatic nitrogens is 2. The first-order chi connectivity index (χ1) is 7.72. The molecule has 0 radical (unpaired) electrons. The van der Waals surface area contributed by atoms with E-state index in [0.717, 1.165) is 32.6 Å². The molecule has 0 N–H and O–H groups in total. The highest BCUT2D eigenvalue weighted by Crippen LogP contribution is 2.32. The minimum atomic E-state index is 0.566. The van der Waals surface area contributed by atoms with E-state index in [2.05, 4.69) is 10.2 Å². The molecule has 0 spiro atoms. The number of nitrogens with zero attached hydrogens (tertiary/aromatic N) is 2. The fraction of sp³-hybridized carbons (Fsp3) is 0.273. The highest BCUT2D eigenvalue weighted by atomic mass is 35.5. The fourth-order valence-corrected chi connectivity index (χ4v) is 2.79. The second-order valence-electron chi connectivity index (χ2n) is 3.38. The molecule has 5 heteroatoms. The van der Waals surface area contributed by atoms with Crippen molar-refractivity contribution in [3.8, 4) is 10.6 Å². The lowest BCUT2D eigenvalue weighted by Gasteiger charge is -2.01. The average molecular weight is 273 g/mol. The normalized spacial score (nSPS) is 10.7. The largest absolute Gasteiger partial charge is 0.149 e. The van der Waals surface area contributed by atoms with Gasteiger partial charge in [0.1, 0.15) is 10.0 Å². The van der Waals surface area contributed by atoms with Crippen LogP contribution in [0.3, 0.4) is 0 Å². The van der Waals surface area contributed by atoms with Crippen LogP contribution in [0.4, 0.5) is 0 Å². The number of halogens is 2. The number of rotatable bonds is 3. The molecule has 0 fully saturated rings. The number of benzene rings is 1. The summed E-state index contributed by atoms with van der Waals surface area (Å²) in [6.45, 7) is 1.98. The van der Waals surface area contributed by atoms with E-state index >= 15 is 0 Å². The van der Waals surface area contributed by atoms with E-state index in [1.807, 2.05) is 25.1 Å². The molecule has 0 saturated carbocycles. The Morgan fingerprint density at radius 3 is 2.88 bits per heavy atom. The Balaban J connectivity index is 2.39. The lowest BCUT2D eigenvalue weighted by Crippen LogP contribution is -1.83. The van der Waals surface area contributed by atoms with Gasteiger partial charge in [-0.1, -0.05) is 41.1 Å². The van der Waals surface area contributed by atoms with E-state index in [9.17, 15) is 0 Å². The molecule has 0 atom stereocenters. The van der Waals surface area contributed by atoms with Crippen molar-refractivity contribution in [1.29, 1.82) is 0 Å². The quantitative estimate of drug-likeness (QED) is 0.791. The predicted octanol–water partition coefficient (Wildman–Crippen LogP) is 3.95. The van der Waals surface area contributed by atoms with Crippen molar-refractivity contribution < 1.29 is 0 Å². The molecule has 0 amide bonds. The summed E-state index contributed by atoms with van der Waals surface area (Å²) in [7, 11) is 0. The van der Waals surface area contributed by atoms with E-state index < -0.39 is 0 Å². The van der Waals surface area contributed by atoms with E-state index in [-0.39, 0.29) is 0 Å². The Bertz CT molecular complexity index is 496. The van der Waals surface area contributed by atoms with Gasteiger partial charge in [-0.25, -0.2) is 0 Å². The van der Waals surface area contributed by atoms with E-state index in [1.54, 1.807) is 11.3 Å². The van der Waals surface area contributed by atoms with Gasteiger partial charge < -0.3 is 0 Å². The molecule has 2 nitrogen and oxygen atoms in total. The zero-order valence-corrected chi connectivity index (χ0v) is 11.0. The maximum absolute atomic E-state index is 6.23. The van der Waals surface area contributed by atoms with Crippen LogP contribution in [0.5, 0.6) is 0 Å². The highest BCUT2D eigenvalue weighted by molar-refractivity contribution is 7.14. The second kappa shape index (κ2) is 5.13. The van der Waals surface area contributed by atoms with Gasteiger partial charge >= 0.3 is 0 Å². The standard InChI is InChI=1S/C11H10Cl2N2S/c1-7-3-2-4-8(10(7)13)11-15-14-9(16-11)5-6-12/h2-4H,5-6H2,1H3. The molecular weight excluding hydrogens is 263 g/mol. The summed E-state index contributed by atoms with van der Waals surface area (Å²) in [5, 5.41) is 10.8. The van der Waals surface area contributed by atoms with Gasteiger partial charge in [0.15, 0.2) is 0 Å². The molecule has 0 aliphatic heterocycles. The molecule has 0 saturated heterocycles. The maximum Gasteiger partial charge on any atom is 0.149 e. The monoisotopic (exact) mass is 272 g/mol. The van der Waals surface area contributed by atoms with Gasteiger partial charge in [0.2, 0.25) is 0 Å². The molecule has 1 heterocycles. The molecule has 0 bridgehead atoms. The first-order valence-electron chi connectivity index (χ1n) is 4.86. The third kappa shape index (κ3) is 2.37. The molecule has 2 rings (SSSR count). The molecule has 16 heavy (non-hydrogen) atoms. The van der Waals surface area contributed by atoms with Crippen molar-refractivity contribution >= 4 is 34.5 Å². The minimum absolute atomic E-state index is 0.566. The van der Waals surface area contributed by atoms with Crippen molar-refractivity contribution in [2.75, 3.05) is 5.88 Å². The Kier molecular flexibility index (Phi) is 3.79. The SMILES string of the molecule is Cc1cccc(-c2nnc(CCCl)s2)c1Cl. The van der Waals surface area contributed by atoms with Crippen molar-refractivity contribution in [3.05, 3.63) is 33.8 Å². The van der Waals surface area contributed by atoms with Crippen LogP contribution < -0.4 is 0 Å². The molecule has 0 aliphatic rings. The molecule has 0 unspecified atom stereocenters. The Morgan fingerprint density at radius 2 is 2.12 bits per heavy atom. The van der Waals surface area contributed by atoms with Gasteiger partial charge in [-0.15, -0.1) is 21.8 Å². The summed E-state index contributed by atoms with van der Waals surface area (Å²) < 4.78 is 0. The van der Waals surface area contributed by atoms with Gasteiger partial charge in [-0.3, -0.25) is 0 Å². The van der Waals surface area contributed by atoms with Crippen LogP contribution in [0, 0.1) is 6.92 Å². The summed E-state index contributed by atoms with van der Waals surface area (Å²) >= 11 is 13.4. The van der Waals surface area contributed by atoms with E-state index in [0.29, 0.717) is 5.88 Å². The predicted molar refractivity (Wildman–Crippen MR) is 69.5 cm³/mol. The third-order valence-electron chi connectivity index (χ3n) is 2.20. The average Bonchev–Trinajstić information content (AvgIpc) is 2.71. The molecular formula is C11H10Cl2N2S. The smallest absolute Gasteiger partial charge is 0.143 e. The lowest BCUT2D eigenvalue weighted by atomic mass is 10.1. The van der Waals surface area contributed by atoms with Crippen LogP contribution in [0.25, 0.3) is 10.6 Å². The third-order valence-corrected chi connectivity index (χ3v) is 3.90. The van der Waals surface area contributed by atoms with E-state index in [1.165, 1.54) is 0 Å². The van der Waals surface area contributed by atoms with Crippen LogP contribution in [-0.2, 0) is 6.42 Å². The maximum atomic E-state index is 6.23. The summed E-state index contributed by atoms with van der Waals surface area (Å²) in [5.74, 6) is 0.566. The van der Waals surface area contributed by atoms with Crippen LogP contribution in [0.15, 0.2) is 18.2 Å². The zero-order chi connectivity index (χ0) is 11.5. The Hall–Kier alpha value is -0.640. The topological polar surface area (TPSA) is 25.8 Å². The van der Waals surface area contributed by atoms with E-state index in [4.69, 9.17) is 23.2 Å². The fourth-order valence-electron chi connectivity index (χ4n) is 1.36. The molecule has 84 valence electrons. The highest BCUT2D eigenvalue weighted by Gasteiger charge is 2.10. The summed E-state index contributed by atoms with van der Waals surface area (Å²) in [6.07, 6.45) is 0.753. The number of alkyl halides is 1. The summed E-state index contributed by atoms with van der Waals surface area (Å²) in [6, 6.07) is 5.91. The van der Waals surface area contributed by atoms with Crippen molar-refractivity contribution in [1.82, 2.24) is 10.2 Å². The van der Waals surface area contributed by atoms with Gasteiger partial charge in [-0.2, -0.15) is 0 Å². The molecule has 1 aromatic carbocycles. The summed E-state index contributed by atoms with van der Waals surface area (Å²) in [4.78, 5) is 0. The first kappa shape index (κ1) is 11.8. The zero-order valence-electron chi connectivity index (χ0n) is 8.70. The van der Waals surface area contributed by atoms with Crippen molar-refractivity contribution in [3.63, 3.8) is 0 Å². The van der Waals surface area contributed by atoms with Crippen LogP contribution >= 0.6 is 34.5 Å². The van der Waals surface area contributed by atoms with Crippen LogP contribution in [0.2, 0.25) is 5.02 Å². The second-order valence-corrected chi connectivity index (χ2v) is 5.19. The summed E-state index contributed by atoms with van der Waals surface area (Å²) in [5.41, 5.74) is 1.99. The van der Waals surface area contributed by atoms with Gasteiger partial charge in [0.05, 0.1) is 5.02 Å². The minimum Gasteiger partial charge on any atom is -0.143 e. The van der Waals surface area contributed by atoms with Gasteiger partial charge in [0, 0.05) is 17.9 Å². The molecule has 0 aliphatic carbocycles. The molecule has 1 aromatic heterocycles. The van der Waals surface area contributed by atoms with Crippen LogP contribution in [-0.4, -0.2) is 16.1 Å². The van der Waals surface area contributed by atoms with Gasteiger partial charge in [0.25, 0.3) is 0 Å². The van der Waals surface area contributed by atoms with Crippen molar-refractivity contribution in [2.24, 2.45) is 0 Å². The Morgan fingerprint density at radius 1 is 1.31 bits per heavy atom.